The summed E-state index contributed by atoms with van der Waals surface area (Å²) in [6.45, 7) is 0.937. The molecule has 3 heteroatoms. The average molecular weight is 237 g/mol. The Bertz CT molecular complexity index is 363. The van der Waals surface area contributed by atoms with Crippen molar-refractivity contribution in [1.82, 2.24) is 5.32 Å². The molecule has 0 spiro atoms. The predicted molar refractivity (Wildman–Crippen MR) is 67.1 cm³/mol. The molecule has 0 saturated heterocycles. The molecular formula is C13H19NOS. The summed E-state index contributed by atoms with van der Waals surface area (Å²) < 4.78 is 6.26. The van der Waals surface area contributed by atoms with Crippen molar-refractivity contribution >= 4 is 11.3 Å². The first-order chi connectivity index (χ1) is 7.90. The molecule has 0 radical (unpaired) electrons. The highest BCUT2D eigenvalue weighted by Crippen LogP contribution is 2.46. The lowest BCUT2D eigenvalue weighted by Gasteiger charge is -2.39. The van der Waals surface area contributed by atoms with E-state index in [-0.39, 0.29) is 6.10 Å². The molecule has 1 N–H and O–H groups in total. The average Bonchev–Trinajstić information content (AvgIpc) is 2.79. The molecule has 1 fully saturated rings. The predicted octanol–water partition coefficient (Wildman–Crippen LogP) is 3.07. The molecule has 2 nitrogen and oxygen atoms in total. The molecule has 3 atom stereocenters. The van der Waals surface area contributed by atoms with Gasteiger partial charge in [0.1, 0.15) is 0 Å². The highest BCUT2D eigenvalue weighted by molar-refractivity contribution is 7.10. The van der Waals surface area contributed by atoms with E-state index in [4.69, 9.17) is 4.74 Å². The Balaban J connectivity index is 1.92. The van der Waals surface area contributed by atoms with Crippen LogP contribution in [-0.2, 0) is 4.74 Å². The second kappa shape index (κ2) is 4.47. The van der Waals surface area contributed by atoms with Crippen LogP contribution in [0.5, 0.6) is 0 Å². The Morgan fingerprint density at radius 3 is 3.19 bits per heavy atom. The van der Waals surface area contributed by atoms with Gasteiger partial charge < -0.3 is 10.1 Å². The van der Waals surface area contributed by atoms with Gasteiger partial charge in [-0.05, 0) is 36.9 Å². The molecule has 3 rings (SSSR count). The molecule has 88 valence electrons. The quantitative estimate of drug-likeness (QED) is 0.853. The van der Waals surface area contributed by atoms with Gasteiger partial charge in [0, 0.05) is 17.3 Å². The number of nitrogens with one attached hydrogen (secondary N) is 1. The van der Waals surface area contributed by atoms with Crippen molar-refractivity contribution in [2.45, 2.75) is 43.8 Å². The molecule has 1 saturated carbocycles. The Morgan fingerprint density at radius 1 is 1.44 bits per heavy atom. The highest BCUT2D eigenvalue weighted by Gasteiger charge is 2.37. The van der Waals surface area contributed by atoms with E-state index in [2.05, 4.69) is 16.8 Å². The van der Waals surface area contributed by atoms with Crippen LogP contribution < -0.4 is 5.32 Å². The fraction of sp³-hybridized carbons (Fsp3) is 0.692. The van der Waals surface area contributed by atoms with Gasteiger partial charge in [0.15, 0.2) is 0 Å². The molecule has 2 aliphatic rings. The van der Waals surface area contributed by atoms with E-state index in [9.17, 15) is 0 Å². The van der Waals surface area contributed by atoms with Gasteiger partial charge in [0.05, 0.1) is 12.2 Å². The largest absolute Gasteiger partial charge is 0.368 e. The van der Waals surface area contributed by atoms with E-state index in [0.717, 1.165) is 6.54 Å². The maximum absolute atomic E-state index is 6.26. The minimum Gasteiger partial charge on any atom is -0.368 e. The summed E-state index contributed by atoms with van der Waals surface area (Å²) in [5.74, 6) is 0.692. The molecule has 0 bridgehead atoms. The van der Waals surface area contributed by atoms with Gasteiger partial charge in [-0.3, -0.25) is 0 Å². The molecule has 1 aromatic rings. The lowest BCUT2D eigenvalue weighted by molar-refractivity contribution is -0.0541. The molecule has 1 aromatic heterocycles. The zero-order valence-electron chi connectivity index (χ0n) is 9.74. The molecule has 2 heterocycles. The highest BCUT2D eigenvalue weighted by atomic mass is 32.1. The molecule has 0 unspecified atom stereocenters. The van der Waals surface area contributed by atoms with Crippen molar-refractivity contribution in [3.63, 3.8) is 0 Å². The van der Waals surface area contributed by atoms with Crippen LogP contribution in [0.2, 0.25) is 0 Å². The third kappa shape index (κ3) is 1.71. The summed E-state index contributed by atoms with van der Waals surface area (Å²) in [7, 11) is 2.00. The zero-order valence-corrected chi connectivity index (χ0v) is 10.6. The lowest BCUT2D eigenvalue weighted by Crippen LogP contribution is -2.35. The van der Waals surface area contributed by atoms with Crippen LogP contribution in [0.4, 0.5) is 0 Å². The first-order valence-electron chi connectivity index (χ1n) is 6.27. The second-order valence-corrected chi connectivity index (χ2v) is 5.80. The SMILES string of the molecule is CNC[C@H]1O[C@H]2CCCC[C@@H]2c2sccc21. The van der Waals surface area contributed by atoms with Crippen molar-refractivity contribution in [2.24, 2.45) is 0 Å². The van der Waals surface area contributed by atoms with E-state index in [1.165, 1.54) is 31.2 Å². The van der Waals surface area contributed by atoms with E-state index < -0.39 is 0 Å². The third-order valence-corrected chi connectivity index (χ3v) is 4.91. The van der Waals surface area contributed by atoms with Crippen molar-refractivity contribution in [3.05, 3.63) is 21.9 Å². The van der Waals surface area contributed by atoms with Gasteiger partial charge in [-0.2, -0.15) is 0 Å². The monoisotopic (exact) mass is 237 g/mol. The normalized spacial score (nSPS) is 33.2. The number of hydrogen-bond acceptors (Lipinski definition) is 3. The van der Waals surface area contributed by atoms with E-state index in [1.54, 1.807) is 4.88 Å². The van der Waals surface area contributed by atoms with Crippen molar-refractivity contribution in [3.8, 4) is 0 Å². The van der Waals surface area contributed by atoms with Crippen molar-refractivity contribution in [2.75, 3.05) is 13.6 Å². The van der Waals surface area contributed by atoms with Crippen LogP contribution in [0.3, 0.4) is 0 Å². The summed E-state index contributed by atoms with van der Waals surface area (Å²) in [5.41, 5.74) is 1.45. The number of thiophene rings is 1. The fourth-order valence-electron chi connectivity index (χ4n) is 3.09. The van der Waals surface area contributed by atoms with Crippen molar-refractivity contribution < 1.29 is 4.74 Å². The lowest BCUT2D eigenvalue weighted by atomic mass is 9.81. The fourth-order valence-corrected chi connectivity index (χ4v) is 4.23. The van der Waals surface area contributed by atoms with Gasteiger partial charge in [-0.15, -0.1) is 11.3 Å². The standard InChI is InChI=1S/C13H19NOS/c1-14-8-12-10-6-7-16-13(10)9-4-2-3-5-11(9)15-12/h6-7,9,11-12,14H,2-5,8H2,1H3/t9-,11-,12+/m0/s1. The maximum atomic E-state index is 6.26. The van der Waals surface area contributed by atoms with Crippen LogP contribution in [0.25, 0.3) is 0 Å². The molecular weight excluding hydrogens is 218 g/mol. The van der Waals surface area contributed by atoms with Gasteiger partial charge in [-0.1, -0.05) is 12.8 Å². The Hall–Kier alpha value is -0.380. The molecule has 1 aliphatic carbocycles. The summed E-state index contributed by atoms with van der Waals surface area (Å²) in [4.78, 5) is 1.61. The van der Waals surface area contributed by atoms with E-state index >= 15 is 0 Å². The van der Waals surface area contributed by atoms with Crippen LogP contribution >= 0.6 is 11.3 Å². The minimum absolute atomic E-state index is 0.283. The maximum Gasteiger partial charge on any atom is 0.0963 e. The minimum atomic E-state index is 0.283. The Labute approximate surface area is 101 Å². The first kappa shape index (κ1) is 10.8. The van der Waals surface area contributed by atoms with Gasteiger partial charge in [-0.25, -0.2) is 0 Å². The summed E-state index contributed by atoms with van der Waals surface area (Å²) >= 11 is 1.93. The van der Waals surface area contributed by atoms with Gasteiger partial charge >= 0.3 is 0 Å². The van der Waals surface area contributed by atoms with Crippen LogP contribution in [0, 0.1) is 0 Å². The number of likely N-dealkylation sites (N-methyl/N-ethyl adjacent to an activating group) is 1. The Kier molecular flexibility index (Phi) is 3.01. The van der Waals surface area contributed by atoms with Crippen LogP contribution in [0.15, 0.2) is 11.4 Å². The summed E-state index contributed by atoms with van der Waals surface area (Å²) in [5, 5.41) is 5.47. The molecule has 0 amide bonds. The van der Waals surface area contributed by atoms with Gasteiger partial charge in [0.2, 0.25) is 0 Å². The van der Waals surface area contributed by atoms with Crippen LogP contribution in [0.1, 0.15) is 48.1 Å². The summed E-state index contributed by atoms with van der Waals surface area (Å²) in [6, 6.07) is 2.26. The first-order valence-corrected chi connectivity index (χ1v) is 7.15. The second-order valence-electron chi connectivity index (χ2n) is 4.85. The number of hydrogen-bond donors (Lipinski definition) is 1. The topological polar surface area (TPSA) is 21.3 Å². The molecule has 16 heavy (non-hydrogen) atoms. The number of rotatable bonds is 2. The summed E-state index contributed by atoms with van der Waals surface area (Å²) in [6.07, 6.45) is 6.06. The molecule has 1 aliphatic heterocycles. The van der Waals surface area contributed by atoms with Crippen molar-refractivity contribution in [1.29, 1.82) is 0 Å². The Morgan fingerprint density at radius 2 is 2.31 bits per heavy atom. The van der Waals surface area contributed by atoms with Gasteiger partial charge in [0.25, 0.3) is 0 Å². The number of fused-ring (bicyclic) bond motifs is 3. The smallest absolute Gasteiger partial charge is 0.0963 e. The number of ether oxygens (including phenoxy) is 1. The molecule has 0 aromatic carbocycles. The third-order valence-electron chi connectivity index (χ3n) is 3.84. The van der Waals surface area contributed by atoms with E-state index in [1.807, 2.05) is 18.4 Å². The van der Waals surface area contributed by atoms with E-state index in [0.29, 0.717) is 12.0 Å². The zero-order chi connectivity index (χ0) is 11.0. The van der Waals surface area contributed by atoms with Crippen LogP contribution in [-0.4, -0.2) is 19.7 Å².